The zero-order valence-corrected chi connectivity index (χ0v) is 19.8. The quantitative estimate of drug-likeness (QED) is 0.316. The lowest BCUT2D eigenvalue weighted by molar-refractivity contribution is -0.144. The van der Waals surface area contributed by atoms with Crippen molar-refractivity contribution in [3.8, 4) is 17.2 Å². The normalized spacial score (nSPS) is 11.7. The smallest absolute Gasteiger partial charge is 0.344 e. The Morgan fingerprint density at radius 1 is 1.03 bits per heavy atom. The highest BCUT2D eigenvalue weighted by Crippen LogP contribution is 2.30. The summed E-state index contributed by atoms with van der Waals surface area (Å²) in [5.41, 5.74) is 1.94. The van der Waals surface area contributed by atoms with E-state index in [4.69, 9.17) is 24.3 Å². The van der Waals surface area contributed by atoms with Gasteiger partial charge < -0.3 is 24.2 Å². The van der Waals surface area contributed by atoms with Crippen LogP contribution in [0.2, 0.25) is 0 Å². The van der Waals surface area contributed by atoms with Gasteiger partial charge >= 0.3 is 5.97 Å². The van der Waals surface area contributed by atoms with Gasteiger partial charge in [0.15, 0.2) is 11.2 Å². The Balaban J connectivity index is 1.50. The van der Waals surface area contributed by atoms with Gasteiger partial charge in [0.1, 0.15) is 23.9 Å². The van der Waals surface area contributed by atoms with Gasteiger partial charge in [0.25, 0.3) is 0 Å². The first-order valence-corrected chi connectivity index (χ1v) is 11.7. The Kier molecular flexibility index (Phi) is 7.49. The molecule has 1 heterocycles. The average Bonchev–Trinajstić information content (AvgIpc) is 3.28. The highest BCUT2D eigenvalue weighted by molar-refractivity contribution is 7.22. The Hall–Kier alpha value is -3.78. The third-order valence-electron chi connectivity index (χ3n) is 5.17. The van der Waals surface area contributed by atoms with Crippen molar-refractivity contribution in [3.05, 3.63) is 78.4 Å². The molecule has 0 saturated carbocycles. The van der Waals surface area contributed by atoms with E-state index in [0.717, 1.165) is 32.4 Å². The van der Waals surface area contributed by atoms with Crippen LogP contribution in [0.5, 0.6) is 17.2 Å². The Bertz CT molecular complexity index is 1210. The molecule has 176 valence electrons. The summed E-state index contributed by atoms with van der Waals surface area (Å²) in [6.07, 6.45) is -0.923. The Morgan fingerprint density at radius 2 is 1.79 bits per heavy atom. The summed E-state index contributed by atoms with van der Waals surface area (Å²) in [6, 6.07) is 23.0. The minimum absolute atomic E-state index is 0.467. The van der Waals surface area contributed by atoms with Crippen LogP contribution in [0.4, 0.5) is 5.13 Å². The minimum Gasteiger partial charge on any atom is -0.497 e. The van der Waals surface area contributed by atoms with E-state index in [-0.39, 0.29) is 0 Å². The van der Waals surface area contributed by atoms with Crippen LogP contribution < -0.4 is 19.1 Å². The zero-order chi connectivity index (χ0) is 23.9. The number of ether oxygens (including phenoxy) is 3. The fraction of sp³-hybridized carbons (Fsp3) is 0.231. The van der Waals surface area contributed by atoms with Gasteiger partial charge in [0.05, 0.1) is 23.9 Å². The summed E-state index contributed by atoms with van der Waals surface area (Å²) >= 11 is 1.63. The van der Waals surface area contributed by atoms with Gasteiger partial charge in [-0.1, -0.05) is 35.6 Å². The third-order valence-corrected chi connectivity index (χ3v) is 6.27. The van der Waals surface area contributed by atoms with E-state index in [2.05, 4.69) is 11.0 Å². The molecule has 0 bridgehead atoms. The van der Waals surface area contributed by atoms with Crippen LogP contribution in [0.15, 0.2) is 72.8 Å². The monoisotopic (exact) mass is 478 g/mol. The fourth-order valence-corrected chi connectivity index (χ4v) is 4.37. The first-order chi connectivity index (χ1) is 16.5. The predicted octanol–water partition coefficient (Wildman–Crippen LogP) is 5.24. The van der Waals surface area contributed by atoms with Crippen molar-refractivity contribution < 1.29 is 24.1 Å². The van der Waals surface area contributed by atoms with E-state index in [9.17, 15) is 4.79 Å². The van der Waals surface area contributed by atoms with E-state index in [1.54, 1.807) is 24.5 Å². The fourth-order valence-electron chi connectivity index (χ4n) is 3.38. The van der Waals surface area contributed by atoms with Crippen molar-refractivity contribution in [3.63, 3.8) is 0 Å². The van der Waals surface area contributed by atoms with Gasteiger partial charge in [-0.2, -0.15) is 0 Å². The number of aliphatic carboxylic acids is 1. The lowest BCUT2D eigenvalue weighted by Gasteiger charge is -2.22. The molecule has 8 heteroatoms. The van der Waals surface area contributed by atoms with Crippen LogP contribution in [-0.2, 0) is 11.3 Å². The minimum atomic E-state index is -1.00. The molecule has 4 rings (SSSR count). The molecule has 34 heavy (non-hydrogen) atoms. The van der Waals surface area contributed by atoms with E-state index in [1.807, 2.05) is 60.7 Å². The van der Waals surface area contributed by atoms with Crippen molar-refractivity contribution in [2.45, 2.75) is 19.6 Å². The molecule has 3 aromatic carbocycles. The maximum Gasteiger partial charge on any atom is 0.344 e. The highest BCUT2D eigenvalue weighted by atomic mass is 32.1. The Morgan fingerprint density at radius 3 is 2.53 bits per heavy atom. The van der Waals surface area contributed by atoms with Crippen molar-refractivity contribution in [2.75, 3.05) is 25.2 Å². The standard InChI is InChI=1S/C26H26N2O5S/c1-18(25(29)30)33-22-7-5-6-19(16-22)17-28(26-27-23-8-3-4-9-24(23)34-26)14-15-32-21-12-10-20(31-2)11-13-21/h3-13,16,18H,14-15,17H2,1-2H3,(H,29,30). The molecule has 0 fully saturated rings. The van der Waals surface area contributed by atoms with Crippen LogP contribution in [0.25, 0.3) is 10.2 Å². The van der Waals surface area contributed by atoms with Gasteiger partial charge in [0.2, 0.25) is 0 Å². The number of hydrogen-bond acceptors (Lipinski definition) is 7. The van der Waals surface area contributed by atoms with Crippen LogP contribution in [0.1, 0.15) is 12.5 Å². The van der Waals surface area contributed by atoms with Crippen LogP contribution >= 0.6 is 11.3 Å². The van der Waals surface area contributed by atoms with Crippen molar-refractivity contribution in [1.29, 1.82) is 0 Å². The van der Waals surface area contributed by atoms with Crippen LogP contribution in [0.3, 0.4) is 0 Å². The molecule has 1 aromatic heterocycles. The summed E-state index contributed by atoms with van der Waals surface area (Å²) in [5.74, 6) is 1.06. The second-order valence-electron chi connectivity index (χ2n) is 7.66. The average molecular weight is 479 g/mol. The molecular formula is C26H26N2O5S. The summed E-state index contributed by atoms with van der Waals surface area (Å²) in [5, 5.41) is 10.0. The molecule has 0 amide bonds. The second kappa shape index (κ2) is 10.9. The summed E-state index contributed by atoms with van der Waals surface area (Å²) in [7, 11) is 1.63. The number of carboxylic acid groups (broad SMARTS) is 1. The topological polar surface area (TPSA) is 81.1 Å². The number of rotatable bonds is 11. The van der Waals surface area contributed by atoms with Gasteiger partial charge in [-0.25, -0.2) is 9.78 Å². The molecule has 1 atom stereocenters. The van der Waals surface area contributed by atoms with E-state index < -0.39 is 12.1 Å². The van der Waals surface area contributed by atoms with Crippen molar-refractivity contribution >= 4 is 32.7 Å². The lowest BCUT2D eigenvalue weighted by Crippen LogP contribution is -2.28. The number of benzene rings is 3. The van der Waals surface area contributed by atoms with Crippen molar-refractivity contribution in [1.82, 2.24) is 4.98 Å². The number of carboxylic acids is 1. The number of para-hydroxylation sites is 1. The molecule has 0 radical (unpaired) electrons. The first kappa shape index (κ1) is 23.4. The molecule has 0 saturated heterocycles. The molecule has 0 aliphatic rings. The van der Waals surface area contributed by atoms with E-state index >= 15 is 0 Å². The lowest BCUT2D eigenvalue weighted by atomic mass is 10.2. The number of carbonyl (C=O) groups is 1. The first-order valence-electron chi connectivity index (χ1n) is 10.9. The zero-order valence-electron chi connectivity index (χ0n) is 19.0. The molecule has 1 N–H and O–H groups in total. The Labute approximate surface area is 202 Å². The largest absolute Gasteiger partial charge is 0.497 e. The number of nitrogens with zero attached hydrogens (tertiary/aromatic N) is 2. The molecule has 7 nitrogen and oxygen atoms in total. The highest BCUT2D eigenvalue weighted by Gasteiger charge is 2.16. The number of fused-ring (bicyclic) bond motifs is 1. The maximum absolute atomic E-state index is 11.1. The second-order valence-corrected chi connectivity index (χ2v) is 8.66. The number of thiazole rings is 1. The molecule has 1 unspecified atom stereocenters. The third kappa shape index (κ3) is 5.96. The van der Waals surface area contributed by atoms with E-state index in [1.165, 1.54) is 6.92 Å². The molecular weight excluding hydrogens is 452 g/mol. The predicted molar refractivity (Wildman–Crippen MR) is 133 cm³/mol. The van der Waals surface area contributed by atoms with Gasteiger partial charge in [0, 0.05) is 6.54 Å². The molecule has 4 aromatic rings. The molecule has 0 spiro atoms. The number of hydrogen-bond donors (Lipinski definition) is 1. The van der Waals surface area contributed by atoms with Crippen molar-refractivity contribution in [2.24, 2.45) is 0 Å². The van der Waals surface area contributed by atoms with Gasteiger partial charge in [-0.05, 0) is 61.0 Å². The molecule has 0 aliphatic heterocycles. The van der Waals surface area contributed by atoms with Gasteiger partial charge in [-0.3, -0.25) is 0 Å². The summed E-state index contributed by atoms with van der Waals surface area (Å²) in [4.78, 5) is 18.1. The van der Waals surface area contributed by atoms with Gasteiger partial charge in [-0.15, -0.1) is 0 Å². The SMILES string of the molecule is COc1ccc(OCCN(Cc2cccc(OC(C)C(=O)O)c2)c2nc3ccccc3s2)cc1. The van der Waals surface area contributed by atoms with E-state index in [0.29, 0.717) is 25.4 Å². The summed E-state index contributed by atoms with van der Waals surface area (Å²) in [6.45, 7) is 3.17. The summed E-state index contributed by atoms with van der Waals surface area (Å²) < 4.78 is 17.8. The van der Waals surface area contributed by atoms with Crippen LogP contribution in [-0.4, -0.2) is 42.4 Å². The maximum atomic E-state index is 11.1. The number of aromatic nitrogens is 1. The molecule has 0 aliphatic carbocycles. The van der Waals surface area contributed by atoms with Crippen LogP contribution in [0, 0.1) is 0 Å². The number of anilines is 1. The number of methoxy groups -OCH3 is 1.